The Morgan fingerprint density at radius 1 is 1.22 bits per heavy atom. The van der Waals surface area contributed by atoms with Crippen LogP contribution in [0.2, 0.25) is 0 Å². The first kappa shape index (κ1) is 13.4. The molecule has 0 radical (unpaired) electrons. The summed E-state index contributed by atoms with van der Waals surface area (Å²) in [6.07, 6.45) is -2.17. The number of benzene rings is 1. The number of nitrogens with two attached hydrogens (primary N) is 1. The van der Waals surface area contributed by atoms with E-state index in [1.165, 1.54) is 0 Å². The first-order chi connectivity index (χ1) is 8.45. The summed E-state index contributed by atoms with van der Waals surface area (Å²) in [5, 5.41) is 0. The average molecular weight is 258 g/mol. The van der Waals surface area contributed by atoms with Gasteiger partial charge in [0, 0.05) is 19.1 Å². The van der Waals surface area contributed by atoms with Gasteiger partial charge in [-0.2, -0.15) is 13.2 Å². The summed E-state index contributed by atoms with van der Waals surface area (Å²) in [5.41, 5.74) is 6.17. The minimum atomic E-state index is -4.26. The normalized spacial score (nSPS) is 22.1. The smallest absolute Gasteiger partial charge is 0.327 e. The Kier molecular flexibility index (Phi) is 3.92. The molecule has 0 aliphatic carbocycles. The second-order valence-electron chi connectivity index (χ2n) is 4.83. The van der Waals surface area contributed by atoms with Crippen molar-refractivity contribution in [2.45, 2.75) is 31.6 Å². The van der Waals surface area contributed by atoms with Crippen molar-refractivity contribution in [3.63, 3.8) is 0 Å². The van der Waals surface area contributed by atoms with Crippen molar-refractivity contribution in [3.05, 3.63) is 35.4 Å². The maximum absolute atomic E-state index is 12.4. The summed E-state index contributed by atoms with van der Waals surface area (Å²) in [6, 6.07) is 5.55. The molecule has 1 aliphatic rings. The maximum atomic E-state index is 12.4. The molecule has 0 bridgehead atoms. The van der Waals surface area contributed by atoms with Crippen LogP contribution in [-0.4, -0.2) is 24.0 Å². The van der Waals surface area contributed by atoms with Gasteiger partial charge >= 0.3 is 6.18 Å². The number of rotatable bonds is 2. The van der Waals surface area contributed by atoms with Gasteiger partial charge in [-0.15, -0.1) is 0 Å². The Morgan fingerprint density at radius 2 is 1.89 bits per heavy atom. The van der Waals surface area contributed by atoms with E-state index in [9.17, 15) is 13.2 Å². The van der Waals surface area contributed by atoms with Gasteiger partial charge in [0.25, 0.3) is 0 Å². The fourth-order valence-electron chi connectivity index (χ4n) is 2.29. The Labute approximate surface area is 105 Å². The molecule has 1 atom stereocenters. The molecule has 1 aromatic carbocycles. The molecule has 1 aromatic rings. The van der Waals surface area contributed by atoms with E-state index in [0.717, 1.165) is 43.6 Å². The van der Waals surface area contributed by atoms with Crippen molar-refractivity contribution in [1.82, 2.24) is 4.90 Å². The van der Waals surface area contributed by atoms with Gasteiger partial charge in [0.15, 0.2) is 0 Å². The highest BCUT2D eigenvalue weighted by atomic mass is 19.4. The van der Waals surface area contributed by atoms with Gasteiger partial charge in [0.1, 0.15) is 0 Å². The monoisotopic (exact) mass is 258 g/mol. The zero-order valence-electron chi connectivity index (χ0n) is 10.1. The first-order valence-electron chi connectivity index (χ1n) is 6.09. The molecule has 1 saturated heterocycles. The van der Waals surface area contributed by atoms with Crippen molar-refractivity contribution in [2.24, 2.45) is 5.73 Å². The molecule has 0 aromatic heterocycles. The summed E-state index contributed by atoms with van der Waals surface area (Å²) in [5.74, 6) is 0. The van der Waals surface area contributed by atoms with Crippen molar-refractivity contribution < 1.29 is 13.2 Å². The number of halogens is 3. The third-order valence-corrected chi connectivity index (χ3v) is 3.23. The average Bonchev–Trinajstić information content (AvgIpc) is 2.28. The molecule has 2 rings (SSSR count). The standard InChI is InChI=1S/C13H17F3N2/c14-13(15,16)11-5-3-10(4-6-11)8-18-7-1-2-12(17)9-18/h3-6,12H,1-2,7-9,17H2/t12-/m0/s1. The van der Waals surface area contributed by atoms with E-state index < -0.39 is 11.7 Å². The van der Waals surface area contributed by atoms with E-state index >= 15 is 0 Å². The number of hydrogen-bond donors (Lipinski definition) is 1. The van der Waals surface area contributed by atoms with Gasteiger partial charge in [-0.25, -0.2) is 0 Å². The topological polar surface area (TPSA) is 29.3 Å². The quantitative estimate of drug-likeness (QED) is 0.883. The first-order valence-corrected chi connectivity index (χ1v) is 6.09. The second kappa shape index (κ2) is 5.28. The van der Waals surface area contributed by atoms with Crippen LogP contribution in [0.3, 0.4) is 0 Å². The van der Waals surface area contributed by atoms with Gasteiger partial charge in [0.2, 0.25) is 0 Å². The molecule has 1 aliphatic heterocycles. The highest BCUT2D eigenvalue weighted by molar-refractivity contribution is 5.24. The van der Waals surface area contributed by atoms with Gasteiger partial charge in [-0.05, 0) is 37.1 Å². The molecule has 1 heterocycles. The minimum absolute atomic E-state index is 0.188. The van der Waals surface area contributed by atoms with Crippen LogP contribution in [0.1, 0.15) is 24.0 Å². The Balaban J connectivity index is 1.98. The van der Waals surface area contributed by atoms with Gasteiger partial charge in [0.05, 0.1) is 5.56 Å². The van der Waals surface area contributed by atoms with Crippen molar-refractivity contribution in [1.29, 1.82) is 0 Å². The summed E-state index contributed by atoms with van der Waals surface area (Å²) in [4.78, 5) is 2.19. The molecule has 2 nitrogen and oxygen atoms in total. The Morgan fingerprint density at radius 3 is 2.44 bits per heavy atom. The number of hydrogen-bond acceptors (Lipinski definition) is 2. The van der Waals surface area contributed by atoms with Crippen LogP contribution in [0.25, 0.3) is 0 Å². The number of nitrogens with zero attached hydrogens (tertiary/aromatic N) is 1. The zero-order valence-corrected chi connectivity index (χ0v) is 10.1. The van der Waals surface area contributed by atoms with Crippen LogP contribution in [-0.2, 0) is 12.7 Å². The number of piperidine rings is 1. The van der Waals surface area contributed by atoms with E-state index in [0.29, 0.717) is 6.54 Å². The predicted octanol–water partition coefficient (Wildman–Crippen LogP) is 2.63. The summed E-state index contributed by atoms with van der Waals surface area (Å²) < 4.78 is 37.2. The molecule has 18 heavy (non-hydrogen) atoms. The molecule has 100 valence electrons. The van der Waals surface area contributed by atoms with Crippen molar-refractivity contribution >= 4 is 0 Å². The van der Waals surface area contributed by atoms with Crippen molar-refractivity contribution in [2.75, 3.05) is 13.1 Å². The van der Waals surface area contributed by atoms with E-state index in [2.05, 4.69) is 4.90 Å². The molecule has 0 unspecified atom stereocenters. The van der Waals surface area contributed by atoms with Crippen molar-refractivity contribution in [3.8, 4) is 0 Å². The third kappa shape index (κ3) is 3.46. The third-order valence-electron chi connectivity index (χ3n) is 3.23. The number of likely N-dealkylation sites (tertiary alicyclic amines) is 1. The summed E-state index contributed by atoms with van der Waals surface area (Å²) in [7, 11) is 0. The second-order valence-corrected chi connectivity index (χ2v) is 4.83. The molecule has 0 spiro atoms. The van der Waals surface area contributed by atoms with Crippen LogP contribution in [0.15, 0.2) is 24.3 Å². The van der Waals surface area contributed by atoms with Gasteiger partial charge < -0.3 is 5.73 Å². The lowest BCUT2D eigenvalue weighted by atomic mass is 10.1. The zero-order chi connectivity index (χ0) is 13.2. The highest BCUT2D eigenvalue weighted by Crippen LogP contribution is 2.29. The Hall–Kier alpha value is -1.07. The van der Waals surface area contributed by atoms with E-state index in [-0.39, 0.29) is 6.04 Å². The molecule has 1 fully saturated rings. The fourth-order valence-corrected chi connectivity index (χ4v) is 2.29. The fraction of sp³-hybridized carbons (Fsp3) is 0.538. The van der Waals surface area contributed by atoms with Crippen LogP contribution >= 0.6 is 0 Å². The lowest BCUT2D eigenvalue weighted by Gasteiger charge is -2.30. The van der Waals surface area contributed by atoms with Crippen LogP contribution < -0.4 is 5.73 Å². The van der Waals surface area contributed by atoms with E-state index in [1.54, 1.807) is 12.1 Å². The SMILES string of the molecule is N[C@H]1CCCN(Cc2ccc(C(F)(F)F)cc2)C1. The van der Waals surface area contributed by atoms with Gasteiger partial charge in [-0.1, -0.05) is 12.1 Å². The summed E-state index contributed by atoms with van der Waals surface area (Å²) in [6.45, 7) is 2.46. The van der Waals surface area contributed by atoms with E-state index in [4.69, 9.17) is 5.73 Å². The maximum Gasteiger partial charge on any atom is 0.416 e. The molecular weight excluding hydrogens is 241 g/mol. The van der Waals surface area contributed by atoms with Gasteiger partial charge in [-0.3, -0.25) is 4.90 Å². The number of alkyl halides is 3. The lowest BCUT2D eigenvalue weighted by Crippen LogP contribution is -2.42. The Bertz CT molecular complexity index is 386. The summed E-state index contributed by atoms with van der Waals surface area (Å²) >= 11 is 0. The molecule has 0 saturated carbocycles. The van der Waals surface area contributed by atoms with Crippen LogP contribution in [0, 0.1) is 0 Å². The molecule has 0 amide bonds. The predicted molar refractivity (Wildman–Crippen MR) is 63.9 cm³/mol. The van der Waals surface area contributed by atoms with Crippen LogP contribution in [0.4, 0.5) is 13.2 Å². The molecular formula is C13H17F3N2. The minimum Gasteiger partial charge on any atom is -0.327 e. The molecule has 2 N–H and O–H groups in total. The van der Waals surface area contributed by atoms with E-state index in [1.807, 2.05) is 0 Å². The highest BCUT2D eigenvalue weighted by Gasteiger charge is 2.30. The van der Waals surface area contributed by atoms with Crippen LogP contribution in [0.5, 0.6) is 0 Å². The molecule has 5 heteroatoms. The largest absolute Gasteiger partial charge is 0.416 e. The lowest BCUT2D eigenvalue weighted by molar-refractivity contribution is -0.137.